The number of hydrogen-bond donors (Lipinski definition) is 1. The number of carbonyl (C=O) groups is 1. The summed E-state index contributed by atoms with van der Waals surface area (Å²) in [6, 6.07) is 1.77. The summed E-state index contributed by atoms with van der Waals surface area (Å²) in [5.41, 5.74) is 1.19. The van der Waals surface area contributed by atoms with Crippen LogP contribution in [0.1, 0.15) is 31.1 Å². The second-order valence-corrected chi connectivity index (χ2v) is 5.27. The third kappa shape index (κ3) is 2.87. The summed E-state index contributed by atoms with van der Waals surface area (Å²) in [5, 5.41) is 3.18. The fraction of sp³-hybridized carbons (Fsp3) is 0.571. The zero-order chi connectivity index (χ0) is 13.9. The van der Waals surface area contributed by atoms with Gasteiger partial charge in [-0.05, 0) is 26.8 Å². The number of morpholine rings is 1. The molecule has 1 amide bonds. The van der Waals surface area contributed by atoms with Gasteiger partial charge in [-0.3, -0.25) is 9.78 Å². The van der Waals surface area contributed by atoms with Crippen LogP contribution in [0.5, 0.6) is 0 Å². The smallest absolute Gasteiger partial charge is 0.256 e. The second kappa shape index (κ2) is 5.57. The lowest BCUT2D eigenvalue weighted by Gasteiger charge is -2.42. The van der Waals surface area contributed by atoms with Gasteiger partial charge in [-0.1, -0.05) is 0 Å². The molecule has 0 atom stereocenters. The van der Waals surface area contributed by atoms with E-state index in [0.717, 1.165) is 12.2 Å². The number of carbonyl (C=O) groups excluding carboxylic acids is 1. The highest BCUT2D eigenvalue weighted by atomic mass is 16.5. The number of hydrogen-bond acceptors (Lipinski definition) is 4. The van der Waals surface area contributed by atoms with Crippen molar-refractivity contribution in [3.63, 3.8) is 0 Å². The van der Waals surface area contributed by atoms with Gasteiger partial charge in [0.05, 0.1) is 36.2 Å². The fourth-order valence-electron chi connectivity index (χ4n) is 2.29. The lowest BCUT2D eigenvalue weighted by Crippen LogP contribution is -2.55. The van der Waals surface area contributed by atoms with E-state index in [4.69, 9.17) is 4.74 Å². The van der Waals surface area contributed by atoms with Crippen molar-refractivity contribution in [2.75, 3.05) is 31.6 Å². The van der Waals surface area contributed by atoms with Crippen LogP contribution in [0.3, 0.4) is 0 Å². The molecule has 0 aliphatic carbocycles. The molecule has 5 heteroatoms. The molecule has 104 valence electrons. The summed E-state index contributed by atoms with van der Waals surface area (Å²) in [6.07, 6.45) is 3.35. The van der Waals surface area contributed by atoms with Crippen molar-refractivity contribution in [2.45, 2.75) is 26.3 Å². The maximum atomic E-state index is 12.7. The van der Waals surface area contributed by atoms with Gasteiger partial charge in [0.15, 0.2) is 0 Å². The van der Waals surface area contributed by atoms with E-state index < -0.39 is 0 Å². The predicted molar refractivity (Wildman–Crippen MR) is 74.3 cm³/mol. The van der Waals surface area contributed by atoms with Crippen LogP contribution in [0.4, 0.5) is 5.69 Å². The van der Waals surface area contributed by atoms with Gasteiger partial charge in [0.1, 0.15) is 0 Å². The second-order valence-electron chi connectivity index (χ2n) is 5.27. The maximum absolute atomic E-state index is 12.7. The van der Waals surface area contributed by atoms with Crippen LogP contribution in [0.25, 0.3) is 0 Å². The van der Waals surface area contributed by atoms with E-state index in [0.29, 0.717) is 25.3 Å². The Hall–Kier alpha value is -1.62. The van der Waals surface area contributed by atoms with Crippen LogP contribution in [-0.2, 0) is 4.74 Å². The molecule has 0 saturated carbocycles. The largest absolute Gasteiger partial charge is 0.383 e. The molecular weight excluding hydrogens is 242 g/mol. The molecule has 2 rings (SSSR count). The summed E-state index contributed by atoms with van der Waals surface area (Å²) in [7, 11) is 0. The van der Waals surface area contributed by atoms with E-state index in [9.17, 15) is 4.79 Å². The normalized spacial score (nSPS) is 18.2. The van der Waals surface area contributed by atoms with Crippen molar-refractivity contribution >= 4 is 11.6 Å². The number of rotatable bonds is 3. The zero-order valence-corrected chi connectivity index (χ0v) is 11.8. The molecule has 1 aliphatic heterocycles. The molecule has 1 N–H and O–H groups in total. The number of nitrogens with one attached hydrogen (secondary N) is 1. The molecule has 1 aromatic heterocycles. The van der Waals surface area contributed by atoms with Gasteiger partial charge >= 0.3 is 0 Å². The lowest BCUT2D eigenvalue weighted by atomic mass is 10.0. The number of ether oxygens (including phenoxy) is 1. The van der Waals surface area contributed by atoms with Gasteiger partial charge in [-0.2, -0.15) is 0 Å². The molecule has 0 unspecified atom stereocenters. The Morgan fingerprint density at radius 1 is 1.58 bits per heavy atom. The number of amides is 1. The highest BCUT2D eigenvalue weighted by Gasteiger charge is 2.35. The Morgan fingerprint density at radius 2 is 2.37 bits per heavy atom. The third-order valence-corrected chi connectivity index (χ3v) is 3.31. The minimum atomic E-state index is -0.276. The molecule has 0 aromatic carbocycles. The standard InChI is InChI=1S/C14H21N3O2/c1-4-16-12-9-15-6-5-11(12)13(18)17-7-8-19-10-14(17,2)3/h5-6,9,16H,4,7-8,10H2,1-3H3. The van der Waals surface area contributed by atoms with E-state index >= 15 is 0 Å². The van der Waals surface area contributed by atoms with E-state index in [1.54, 1.807) is 18.5 Å². The molecule has 0 bridgehead atoms. The number of nitrogens with zero attached hydrogens (tertiary/aromatic N) is 2. The lowest BCUT2D eigenvalue weighted by molar-refractivity contribution is -0.0370. The van der Waals surface area contributed by atoms with Crippen molar-refractivity contribution in [1.82, 2.24) is 9.88 Å². The van der Waals surface area contributed by atoms with Crippen LogP contribution in [0.2, 0.25) is 0 Å². The Bertz CT molecular complexity index is 460. The highest BCUT2D eigenvalue weighted by molar-refractivity contribution is 5.99. The zero-order valence-electron chi connectivity index (χ0n) is 11.8. The number of aromatic nitrogens is 1. The molecule has 0 radical (unpaired) electrons. The minimum absolute atomic E-state index is 0.0339. The van der Waals surface area contributed by atoms with E-state index in [-0.39, 0.29) is 11.4 Å². The molecule has 1 fully saturated rings. The topological polar surface area (TPSA) is 54.5 Å². The molecule has 19 heavy (non-hydrogen) atoms. The average Bonchev–Trinajstić information content (AvgIpc) is 2.38. The van der Waals surface area contributed by atoms with Gasteiger partial charge < -0.3 is 15.0 Å². The molecular formula is C14H21N3O2. The molecule has 5 nitrogen and oxygen atoms in total. The van der Waals surface area contributed by atoms with E-state index in [1.165, 1.54) is 0 Å². The Balaban J connectivity index is 2.28. The summed E-state index contributed by atoms with van der Waals surface area (Å²) in [5.74, 6) is 0.0339. The van der Waals surface area contributed by atoms with Crippen LogP contribution >= 0.6 is 0 Å². The summed E-state index contributed by atoms with van der Waals surface area (Å²) >= 11 is 0. The third-order valence-electron chi connectivity index (χ3n) is 3.31. The fourth-order valence-corrected chi connectivity index (χ4v) is 2.29. The van der Waals surface area contributed by atoms with E-state index in [1.807, 2.05) is 25.7 Å². The Kier molecular flexibility index (Phi) is 4.04. The Morgan fingerprint density at radius 3 is 3.05 bits per heavy atom. The van der Waals surface area contributed by atoms with Crippen molar-refractivity contribution in [1.29, 1.82) is 0 Å². The predicted octanol–water partition coefficient (Wildman–Crippen LogP) is 1.76. The quantitative estimate of drug-likeness (QED) is 0.903. The minimum Gasteiger partial charge on any atom is -0.383 e. The first-order valence-electron chi connectivity index (χ1n) is 6.64. The molecule has 0 spiro atoms. The molecule has 1 aromatic rings. The average molecular weight is 263 g/mol. The van der Waals surface area contributed by atoms with Gasteiger partial charge in [0.25, 0.3) is 5.91 Å². The first-order chi connectivity index (χ1) is 9.06. The highest BCUT2D eigenvalue weighted by Crippen LogP contribution is 2.24. The monoisotopic (exact) mass is 263 g/mol. The van der Waals surface area contributed by atoms with Crippen molar-refractivity contribution in [2.24, 2.45) is 0 Å². The van der Waals surface area contributed by atoms with Gasteiger partial charge in [-0.15, -0.1) is 0 Å². The maximum Gasteiger partial charge on any atom is 0.256 e. The summed E-state index contributed by atoms with van der Waals surface area (Å²) in [4.78, 5) is 18.7. The van der Waals surface area contributed by atoms with Crippen LogP contribution in [-0.4, -0.2) is 47.6 Å². The van der Waals surface area contributed by atoms with Crippen molar-refractivity contribution in [3.05, 3.63) is 24.0 Å². The van der Waals surface area contributed by atoms with Gasteiger partial charge in [0.2, 0.25) is 0 Å². The Labute approximate surface area is 114 Å². The SMILES string of the molecule is CCNc1cnccc1C(=O)N1CCOCC1(C)C. The molecule has 1 aliphatic rings. The van der Waals surface area contributed by atoms with Crippen molar-refractivity contribution in [3.8, 4) is 0 Å². The summed E-state index contributed by atoms with van der Waals surface area (Å²) in [6.45, 7) is 8.60. The first-order valence-corrected chi connectivity index (χ1v) is 6.64. The number of anilines is 1. The molecule has 1 saturated heterocycles. The van der Waals surface area contributed by atoms with Gasteiger partial charge in [0, 0.05) is 19.3 Å². The first kappa shape index (κ1) is 13.8. The van der Waals surface area contributed by atoms with Crippen molar-refractivity contribution < 1.29 is 9.53 Å². The molecule has 2 heterocycles. The van der Waals surface area contributed by atoms with Gasteiger partial charge in [-0.25, -0.2) is 0 Å². The van der Waals surface area contributed by atoms with Crippen LogP contribution in [0.15, 0.2) is 18.5 Å². The summed E-state index contributed by atoms with van der Waals surface area (Å²) < 4.78 is 5.46. The number of pyridine rings is 1. The van der Waals surface area contributed by atoms with E-state index in [2.05, 4.69) is 10.3 Å². The van der Waals surface area contributed by atoms with Crippen LogP contribution in [0, 0.1) is 0 Å². The van der Waals surface area contributed by atoms with Crippen LogP contribution < -0.4 is 5.32 Å².